The van der Waals surface area contributed by atoms with E-state index in [9.17, 15) is 14.7 Å². The number of aliphatic hydroxyl groups is 1. The number of carbonyl (C=O) groups is 2. The Bertz CT molecular complexity index is 1220. The van der Waals surface area contributed by atoms with Crippen molar-refractivity contribution >= 4 is 46.5 Å². The van der Waals surface area contributed by atoms with E-state index in [0.717, 1.165) is 0 Å². The van der Waals surface area contributed by atoms with Gasteiger partial charge in [-0.15, -0.1) is 0 Å². The second kappa shape index (κ2) is 8.09. The number of rotatable bonds is 4. The standard InChI is InChI=1S/C22H16Cl2N2O5/c1-11-9-17(25-31-11)26-19(12-3-6-14(23)7-4-12)18(21(28)22(26)29)20(27)13-5-8-16(30-2)15(24)10-13/h3-10,19,27H,1-2H3/b20-18+/t19-/m1/s1. The Morgan fingerprint density at radius 2 is 1.84 bits per heavy atom. The molecule has 0 saturated carbocycles. The summed E-state index contributed by atoms with van der Waals surface area (Å²) < 4.78 is 10.2. The average molecular weight is 459 g/mol. The van der Waals surface area contributed by atoms with Crippen molar-refractivity contribution in [1.82, 2.24) is 5.16 Å². The minimum Gasteiger partial charge on any atom is -0.507 e. The maximum absolute atomic E-state index is 13.0. The molecule has 1 fully saturated rings. The number of hydrogen-bond acceptors (Lipinski definition) is 6. The molecule has 4 rings (SSSR count). The molecule has 2 heterocycles. The molecule has 7 nitrogen and oxygen atoms in total. The number of carbonyl (C=O) groups excluding carboxylic acids is 2. The van der Waals surface area contributed by atoms with Crippen LogP contribution < -0.4 is 9.64 Å². The normalized spacial score (nSPS) is 17.9. The third-order valence-corrected chi connectivity index (χ3v) is 5.47. The van der Waals surface area contributed by atoms with Gasteiger partial charge in [-0.1, -0.05) is 40.5 Å². The number of methoxy groups -OCH3 is 1. The molecule has 1 N–H and O–H groups in total. The fraction of sp³-hybridized carbons (Fsp3) is 0.136. The molecular formula is C22H16Cl2N2O5. The average Bonchev–Trinajstić information content (AvgIpc) is 3.29. The van der Waals surface area contributed by atoms with Gasteiger partial charge in [-0.25, -0.2) is 0 Å². The minimum atomic E-state index is -0.942. The first-order chi connectivity index (χ1) is 14.8. The van der Waals surface area contributed by atoms with Crippen molar-refractivity contribution < 1.29 is 24.0 Å². The summed E-state index contributed by atoms with van der Waals surface area (Å²) in [5.41, 5.74) is 0.721. The maximum atomic E-state index is 13.0. The van der Waals surface area contributed by atoms with Crippen LogP contribution in [0.15, 0.2) is 58.6 Å². The van der Waals surface area contributed by atoms with Crippen molar-refractivity contribution in [3.63, 3.8) is 0 Å². The van der Waals surface area contributed by atoms with Gasteiger partial charge in [0.2, 0.25) is 0 Å². The molecule has 0 spiro atoms. The summed E-state index contributed by atoms with van der Waals surface area (Å²) in [6.45, 7) is 1.67. The van der Waals surface area contributed by atoms with Gasteiger partial charge in [-0.05, 0) is 42.8 Å². The van der Waals surface area contributed by atoms with E-state index >= 15 is 0 Å². The number of aliphatic hydroxyl groups excluding tert-OH is 1. The zero-order chi connectivity index (χ0) is 22.3. The van der Waals surface area contributed by atoms with Crippen molar-refractivity contribution in [3.05, 3.63) is 81.0 Å². The predicted molar refractivity (Wildman–Crippen MR) is 115 cm³/mol. The number of anilines is 1. The molecule has 158 valence electrons. The zero-order valence-electron chi connectivity index (χ0n) is 16.4. The third kappa shape index (κ3) is 3.66. The second-order valence-electron chi connectivity index (χ2n) is 6.87. The molecule has 1 aliphatic heterocycles. The first-order valence-corrected chi connectivity index (χ1v) is 9.91. The number of Topliss-reactive ketones (excluding diaryl/α,β-unsaturated/α-hetero) is 1. The lowest BCUT2D eigenvalue weighted by Crippen LogP contribution is -2.29. The predicted octanol–water partition coefficient (Wildman–Crippen LogP) is 4.92. The summed E-state index contributed by atoms with van der Waals surface area (Å²) in [7, 11) is 1.46. The Balaban J connectivity index is 1.93. The molecule has 1 aliphatic rings. The highest BCUT2D eigenvalue weighted by molar-refractivity contribution is 6.51. The number of aryl methyl sites for hydroxylation is 1. The molecule has 9 heteroatoms. The number of ether oxygens (including phenoxy) is 1. The quantitative estimate of drug-likeness (QED) is 0.338. The Kier molecular flexibility index (Phi) is 5.47. The van der Waals surface area contributed by atoms with Crippen molar-refractivity contribution in [1.29, 1.82) is 0 Å². The molecule has 0 radical (unpaired) electrons. The summed E-state index contributed by atoms with van der Waals surface area (Å²) in [5.74, 6) is -1.03. The minimum absolute atomic E-state index is 0.103. The summed E-state index contributed by atoms with van der Waals surface area (Å²) >= 11 is 12.2. The van der Waals surface area contributed by atoms with Gasteiger partial charge in [0.15, 0.2) is 5.82 Å². The van der Waals surface area contributed by atoms with Crippen LogP contribution in [0.3, 0.4) is 0 Å². The van der Waals surface area contributed by atoms with Gasteiger partial charge in [-0.2, -0.15) is 0 Å². The van der Waals surface area contributed by atoms with Gasteiger partial charge in [0.1, 0.15) is 17.3 Å². The Hall–Kier alpha value is -3.29. The molecule has 1 saturated heterocycles. The van der Waals surface area contributed by atoms with Crippen molar-refractivity contribution in [3.8, 4) is 5.75 Å². The first kappa shape index (κ1) is 21.0. The van der Waals surface area contributed by atoms with Gasteiger partial charge in [0.25, 0.3) is 5.78 Å². The van der Waals surface area contributed by atoms with E-state index in [1.165, 1.54) is 18.1 Å². The van der Waals surface area contributed by atoms with Crippen molar-refractivity contribution in [2.24, 2.45) is 0 Å². The molecular weight excluding hydrogens is 443 g/mol. The highest BCUT2D eigenvalue weighted by Gasteiger charge is 2.48. The lowest BCUT2D eigenvalue weighted by molar-refractivity contribution is -0.132. The lowest BCUT2D eigenvalue weighted by Gasteiger charge is -2.23. The number of benzene rings is 2. The van der Waals surface area contributed by atoms with Crippen LogP contribution in [0.4, 0.5) is 5.82 Å². The zero-order valence-corrected chi connectivity index (χ0v) is 17.9. The van der Waals surface area contributed by atoms with Crippen LogP contribution in [-0.2, 0) is 9.59 Å². The summed E-state index contributed by atoms with van der Waals surface area (Å²) in [6, 6.07) is 11.8. The molecule has 31 heavy (non-hydrogen) atoms. The van der Waals surface area contributed by atoms with Gasteiger partial charge >= 0.3 is 5.91 Å². The number of hydrogen-bond donors (Lipinski definition) is 1. The van der Waals surface area contributed by atoms with Crippen LogP contribution >= 0.6 is 23.2 Å². The molecule has 3 aromatic rings. The number of aromatic nitrogens is 1. The van der Waals surface area contributed by atoms with E-state index in [2.05, 4.69) is 5.16 Å². The molecule has 1 aromatic heterocycles. The van der Waals surface area contributed by atoms with Crippen LogP contribution in [0.1, 0.15) is 22.9 Å². The summed E-state index contributed by atoms with van der Waals surface area (Å²) in [5, 5.41) is 15.7. The maximum Gasteiger partial charge on any atom is 0.301 e. The summed E-state index contributed by atoms with van der Waals surface area (Å²) in [6.07, 6.45) is 0. The Morgan fingerprint density at radius 3 is 2.42 bits per heavy atom. The number of halogens is 2. The number of amides is 1. The smallest absolute Gasteiger partial charge is 0.301 e. The van der Waals surface area contributed by atoms with Gasteiger partial charge in [-0.3, -0.25) is 14.5 Å². The molecule has 1 atom stereocenters. The molecule has 0 aliphatic carbocycles. The van der Waals surface area contributed by atoms with E-state index in [1.807, 2.05) is 0 Å². The fourth-order valence-electron chi connectivity index (χ4n) is 3.47. The number of ketones is 1. The molecule has 0 bridgehead atoms. The third-order valence-electron chi connectivity index (χ3n) is 4.92. The van der Waals surface area contributed by atoms with Crippen LogP contribution in [-0.4, -0.2) is 29.1 Å². The van der Waals surface area contributed by atoms with Gasteiger partial charge < -0.3 is 14.4 Å². The van der Waals surface area contributed by atoms with Gasteiger partial charge in [0, 0.05) is 16.7 Å². The fourth-order valence-corrected chi connectivity index (χ4v) is 3.85. The van der Waals surface area contributed by atoms with Gasteiger partial charge in [0.05, 0.1) is 23.7 Å². The van der Waals surface area contributed by atoms with E-state index in [-0.39, 0.29) is 27.7 Å². The molecule has 2 aromatic carbocycles. The van der Waals surface area contributed by atoms with E-state index < -0.39 is 17.7 Å². The number of nitrogens with zero attached hydrogens (tertiary/aromatic N) is 2. The molecule has 1 amide bonds. The molecule has 0 unspecified atom stereocenters. The monoisotopic (exact) mass is 458 g/mol. The van der Waals surface area contributed by atoms with E-state index in [1.54, 1.807) is 49.4 Å². The highest BCUT2D eigenvalue weighted by atomic mass is 35.5. The van der Waals surface area contributed by atoms with Crippen LogP contribution in [0.5, 0.6) is 5.75 Å². The Labute approximate surface area is 187 Å². The van der Waals surface area contributed by atoms with Crippen molar-refractivity contribution in [2.75, 3.05) is 12.0 Å². The topological polar surface area (TPSA) is 92.9 Å². The van der Waals surface area contributed by atoms with E-state index in [0.29, 0.717) is 22.1 Å². The largest absolute Gasteiger partial charge is 0.507 e. The highest BCUT2D eigenvalue weighted by Crippen LogP contribution is 2.42. The first-order valence-electron chi connectivity index (χ1n) is 9.15. The lowest BCUT2D eigenvalue weighted by atomic mass is 9.95. The van der Waals surface area contributed by atoms with Crippen LogP contribution in [0.2, 0.25) is 10.0 Å². The second-order valence-corrected chi connectivity index (χ2v) is 7.71. The Morgan fingerprint density at radius 1 is 1.13 bits per heavy atom. The van der Waals surface area contributed by atoms with E-state index in [4.69, 9.17) is 32.5 Å². The summed E-state index contributed by atoms with van der Waals surface area (Å²) in [4.78, 5) is 27.2. The van der Waals surface area contributed by atoms with Crippen LogP contribution in [0, 0.1) is 6.92 Å². The van der Waals surface area contributed by atoms with Crippen LogP contribution in [0.25, 0.3) is 5.76 Å². The van der Waals surface area contributed by atoms with Crippen molar-refractivity contribution in [2.45, 2.75) is 13.0 Å². The SMILES string of the molecule is COc1ccc(/C(O)=C2\C(=O)C(=O)N(c3cc(C)on3)[C@@H]2c2ccc(Cl)cc2)cc1Cl.